The number of rotatable bonds is 6. The van der Waals surface area contributed by atoms with Gasteiger partial charge in [0.05, 0.1) is 7.11 Å². The highest BCUT2D eigenvalue weighted by Gasteiger charge is 2.52. The van der Waals surface area contributed by atoms with Gasteiger partial charge in [-0.2, -0.15) is 0 Å². The van der Waals surface area contributed by atoms with Gasteiger partial charge >= 0.3 is 13.4 Å². The molecule has 0 radical (unpaired) electrons. The zero-order chi connectivity index (χ0) is 24.3. The number of carbonyl (C=O) groups excluding carboxylic acids is 3. The van der Waals surface area contributed by atoms with Gasteiger partial charge in [0.25, 0.3) is 11.8 Å². The first-order valence-electron chi connectivity index (χ1n) is 10.2. The normalized spacial score (nSPS) is 25.5. The first-order valence-corrected chi connectivity index (χ1v) is 10.2. The standard InChI is InChI=1S/C11H19NO4.C10H17NO4.H2O/c1-6(11(2,3)4)12-9(13)7-8(16-7)10(14)15-5;1-5(10(2,3)4)11-8(12)6-7(15-6)9(13)14;/h6-8H,1-5H3,(H,12,13);5-7H,1-4H3,(H,11,12)(H,13,14);1H2/p+1. The van der Waals surface area contributed by atoms with Crippen LogP contribution in [0, 0.1) is 10.8 Å². The number of esters is 1. The van der Waals surface area contributed by atoms with E-state index in [0.29, 0.717) is 0 Å². The number of nitrogens with one attached hydrogen (secondary N) is 2. The van der Waals surface area contributed by atoms with E-state index >= 15 is 0 Å². The summed E-state index contributed by atoms with van der Waals surface area (Å²) < 4.78 is 14.2. The van der Waals surface area contributed by atoms with E-state index in [2.05, 4.69) is 15.4 Å². The van der Waals surface area contributed by atoms with Gasteiger partial charge in [0.15, 0.2) is 24.4 Å². The number of aliphatic carboxylic acids is 1. The van der Waals surface area contributed by atoms with Crippen LogP contribution in [0.5, 0.6) is 0 Å². The average Bonchev–Trinajstić information content (AvgIpc) is 3.52. The second kappa shape index (κ2) is 11.1. The third-order valence-electron chi connectivity index (χ3n) is 5.49. The largest absolute Gasteiger partial charge is 1.00 e. The molecule has 0 spiro atoms. The highest BCUT2D eigenvalue weighted by Crippen LogP contribution is 2.26. The van der Waals surface area contributed by atoms with E-state index in [9.17, 15) is 19.2 Å². The van der Waals surface area contributed by atoms with Gasteiger partial charge in [-0.05, 0) is 24.7 Å². The molecule has 0 aromatic rings. The number of carboxylic acid groups (broad SMARTS) is 1. The highest BCUT2D eigenvalue weighted by molar-refractivity contribution is 5.93. The van der Waals surface area contributed by atoms with Crippen molar-refractivity contribution in [3.8, 4) is 0 Å². The van der Waals surface area contributed by atoms with E-state index in [-0.39, 0.29) is 41.6 Å². The molecule has 2 amide bonds. The summed E-state index contributed by atoms with van der Waals surface area (Å²) in [6, 6.07) is -0.00820. The minimum Gasteiger partial charge on any atom is -0.479 e. The van der Waals surface area contributed by atoms with Crippen molar-refractivity contribution < 1.29 is 45.4 Å². The molecule has 2 saturated heterocycles. The first kappa shape index (κ1) is 29.8. The van der Waals surface area contributed by atoms with Gasteiger partial charge in [0.1, 0.15) is 0 Å². The Hall–Kier alpha value is -2.24. The van der Waals surface area contributed by atoms with Crippen LogP contribution in [-0.4, -0.2) is 77.9 Å². The fourth-order valence-corrected chi connectivity index (χ4v) is 2.13. The lowest BCUT2D eigenvalue weighted by Gasteiger charge is -2.27. The van der Waals surface area contributed by atoms with Gasteiger partial charge in [-0.1, -0.05) is 41.5 Å². The van der Waals surface area contributed by atoms with Crippen LogP contribution in [-0.2, 0) is 33.4 Å². The summed E-state index contributed by atoms with van der Waals surface area (Å²) in [6.45, 7) is 15.9. The average molecular weight is 464 g/mol. The van der Waals surface area contributed by atoms with Gasteiger partial charge in [-0.15, -0.1) is 0 Å². The van der Waals surface area contributed by atoms with Crippen molar-refractivity contribution in [2.24, 2.45) is 10.8 Å². The molecule has 11 heteroatoms. The Balaban J connectivity index is 0. The van der Waals surface area contributed by atoms with Crippen molar-refractivity contribution in [2.45, 2.75) is 91.9 Å². The number of epoxide rings is 2. The summed E-state index contributed by atoms with van der Waals surface area (Å²) in [5.74, 6) is -2.18. The maximum Gasteiger partial charge on any atom is 1.00 e. The maximum atomic E-state index is 11.6. The predicted octanol–water partition coefficient (Wildman–Crippen LogP) is 0.155. The number of carboxylic acids is 1. The van der Waals surface area contributed by atoms with E-state index in [4.69, 9.17) is 14.6 Å². The number of ether oxygens (including phenoxy) is 3. The molecule has 0 bridgehead atoms. The van der Waals surface area contributed by atoms with E-state index in [1.807, 2.05) is 55.4 Å². The van der Waals surface area contributed by atoms with Crippen LogP contribution in [0.15, 0.2) is 0 Å². The Morgan fingerprint density at radius 1 is 0.812 bits per heavy atom. The lowest BCUT2D eigenvalue weighted by Crippen LogP contribution is -2.44. The fraction of sp³-hybridized carbons (Fsp3) is 0.810. The molecular formula is C21H39N2O9+. The molecule has 2 fully saturated rings. The summed E-state index contributed by atoms with van der Waals surface area (Å²) in [5.41, 5.74) is -0.0748. The molecule has 2 aliphatic rings. The molecule has 11 nitrogen and oxygen atoms in total. The van der Waals surface area contributed by atoms with Gasteiger partial charge in [-0.3, -0.25) is 9.59 Å². The highest BCUT2D eigenvalue weighted by atomic mass is 16.6. The van der Waals surface area contributed by atoms with Crippen LogP contribution in [0.2, 0.25) is 0 Å². The molecule has 6 unspecified atom stereocenters. The molecule has 0 aliphatic carbocycles. The van der Waals surface area contributed by atoms with Crippen molar-refractivity contribution in [2.75, 3.05) is 7.11 Å². The number of amides is 2. The van der Waals surface area contributed by atoms with Crippen LogP contribution in [0.25, 0.3) is 0 Å². The Morgan fingerprint density at radius 2 is 1.16 bits per heavy atom. The summed E-state index contributed by atoms with van der Waals surface area (Å²) in [7, 11) is 1.27. The topological polar surface area (TPSA) is 178 Å². The van der Waals surface area contributed by atoms with Crippen molar-refractivity contribution in [3.63, 3.8) is 0 Å². The van der Waals surface area contributed by atoms with Crippen LogP contribution in [0.3, 0.4) is 0 Å². The van der Waals surface area contributed by atoms with Crippen molar-refractivity contribution >= 4 is 23.8 Å². The number of carbonyl (C=O) groups is 4. The van der Waals surface area contributed by atoms with Gasteiger partial charge in [-0.25, -0.2) is 9.59 Å². The third-order valence-corrected chi connectivity index (χ3v) is 5.49. The van der Waals surface area contributed by atoms with Gasteiger partial charge in [0, 0.05) is 12.1 Å². The molecule has 32 heavy (non-hydrogen) atoms. The number of methoxy groups -OCH3 is 1. The van der Waals surface area contributed by atoms with Crippen molar-refractivity contribution in [1.82, 2.24) is 10.6 Å². The smallest absolute Gasteiger partial charge is 0.479 e. The van der Waals surface area contributed by atoms with Gasteiger partial charge in [0.2, 0.25) is 0 Å². The van der Waals surface area contributed by atoms with E-state index in [1.165, 1.54) is 7.11 Å². The Bertz CT molecular complexity index is 703. The SMILES string of the molecule is CC(NC(=O)C1OC1C(=O)O)C(C)(C)C.COC(=O)C1OC1C(=O)NC(C)C(C)(C)C.O.[H+]. The molecule has 2 rings (SSSR count). The summed E-state index contributed by atoms with van der Waals surface area (Å²) in [5, 5.41) is 14.1. The predicted molar refractivity (Wildman–Crippen MR) is 116 cm³/mol. The lowest BCUT2D eigenvalue weighted by atomic mass is 9.88. The zero-order valence-electron chi connectivity index (χ0n) is 21.3. The van der Waals surface area contributed by atoms with Crippen LogP contribution >= 0.6 is 0 Å². The summed E-state index contributed by atoms with van der Waals surface area (Å²) in [4.78, 5) is 44.6. The Labute approximate surface area is 190 Å². The third kappa shape index (κ3) is 8.71. The van der Waals surface area contributed by atoms with E-state index < -0.39 is 36.4 Å². The molecule has 186 valence electrons. The van der Waals surface area contributed by atoms with Crippen molar-refractivity contribution in [3.05, 3.63) is 0 Å². The maximum absolute atomic E-state index is 11.6. The molecule has 5 N–H and O–H groups in total. The van der Waals surface area contributed by atoms with Gasteiger partial charge < -0.3 is 35.4 Å². The lowest BCUT2D eigenvalue weighted by molar-refractivity contribution is -0.142. The molecule has 0 aromatic carbocycles. The minimum atomic E-state index is -1.08. The van der Waals surface area contributed by atoms with Crippen molar-refractivity contribution in [1.29, 1.82) is 0 Å². The van der Waals surface area contributed by atoms with E-state index in [0.717, 1.165) is 0 Å². The molecule has 2 heterocycles. The Morgan fingerprint density at radius 3 is 1.44 bits per heavy atom. The van der Waals surface area contributed by atoms with E-state index in [1.54, 1.807) is 0 Å². The zero-order valence-corrected chi connectivity index (χ0v) is 20.3. The molecule has 2 aliphatic heterocycles. The minimum absolute atomic E-state index is 0. The monoisotopic (exact) mass is 463 g/mol. The van der Waals surface area contributed by atoms with Crippen LogP contribution in [0.1, 0.15) is 56.8 Å². The molecular weight excluding hydrogens is 424 g/mol. The van der Waals surface area contributed by atoms with Crippen LogP contribution < -0.4 is 10.6 Å². The summed E-state index contributed by atoms with van der Waals surface area (Å²) in [6.07, 6.45) is -3.18. The Kier molecular flexibility index (Phi) is 10.3. The number of hydrogen-bond acceptors (Lipinski definition) is 7. The molecule has 6 atom stereocenters. The second-order valence-electron chi connectivity index (χ2n) is 10.0. The van der Waals surface area contributed by atoms with Crippen LogP contribution in [0.4, 0.5) is 0 Å². The fourth-order valence-electron chi connectivity index (χ4n) is 2.13. The molecule has 0 aromatic heterocycles. The summed E-state index contributed by atoms with van der Waals surface area (Å²) >= 11 is 0. The first-order chi connectivity index (χ1) is 14.0. The number of hydrogen-bond donors (Lipinski definition) is 3. The molecule has 0 saturated carbocycles. The quantitative estimate of drug-likeness (QED) is 0.368. The second-order valence-corrected chi connectivity index (χ2v) is 10.0.